The fraction of sp³-hybridized carbons (Fsp3) is 0.964. The van der Waals surface area contributed by atoms with E-state index >= 15 is 0 Å². The third-order valence-corrected chi connectivity index (χ3v) is 21.6. The van der Waals surface area contributed by atoms with Crippen molar-refractivity contribution in [3.8, 4) is 6.07 Å². The molecule has 0 aromatic rings. The molecule has 0 aliphatic rings. The lowest BCUT2D eigenvalue weighted by Gasteiger charge is -2.62. The summed E-state index contributed by atoms with van der Waals surface area (Å²) < 4.78 is 15.2. The van der Waals surface area contributed by atoms with Gasteiger partial charge in [-0.1, -0.05) is 132 Å². The summed E-state index contributed by atoms with van der Waals surface area (Å²) in [5.74, 6) is -0.0113. The maximum absolute atomic E-state index is 9.70. The molecule has 1 unspecified atom stereocenters. The van der Waals surface area contributed by atoms with E-state index in [2.05, 4.69) is 138 Å². The summed E-state index contributed by atoms with van der Waals surface area (Å²) in [6, 6.07) is 2.42. The Hall–Kier alpha value is -0.0913. The van der Waals surface area contributed by atoms with Gasteiger partial charge in [-0.05, 0) is 30.2 Å². The average molecular weight is 510 g/mol. The molecule has 0 spiro atoms. The van der Waals surface area contributed by atoms with Crippen molar-refractivity contribution in [3.63, 3.8) is 0 Å². The maximum Gasteiger partial charge on any atom is 0.439 e. The van der Waals surface area contributed by atoms with Gasteiger partial charge in [-0.25, -0.2) is 0 Å². The van der Waals surface area contributed by atoms with Gasteiger partial charge in [0.05, 0.1) is 6.07 Å². The summed E-state index contributed by atoms with van der Waals surface area (Å²) in [6.45, 7) is 44.5. The highest BCUT2D eigenvalue weighted by Crippen LogP contribution is 2.65. The highest BCUT2D eigenvalue weighted by Gasteiger charge is 2.67. The molecule has 1 atom stereocenters. The van der Waals surface area contributed by atoms with Crippen LogP contribution in [0.25, 0.3) is 0 Å². The van der Waals surface area contributed by atoms with E-state index in [9.17, 15) is 5.26 Å². The molecule has 0 radical (unpaired) electrons. The Balaban J connectivity index is 7.39. The van der Waals surface area contributed by atoms with Crippen LogP contribution in [0.4, 0.5) is 0 Å². The SMILES string of the molecule is CC(CC#N)B(O[Si](C(C)(C)C)(C(C)(C)C)C(C)(C)C)O[Si](C(C)(C)C)(C(C)(C)C)C(C)(C)C. The number of hydrogen-bond acceptors (Lipinski definition) is 3. The van der Waals surface area contributed by atoms with Crippen molar-refractivity contribution < 1.29 is 8.69 Å². The van der Waals surface area contributed by atoms with Crippen molar-refractivity contribution >= 4 is 23.8 Å². The molecule has 0 amide bonds. The van der Waals surface area contributed by atoms with Gasteiger partial charge in [-0.3, -0.25) is 0 Å². The Morgan fingerprint density at radius 3 is 0.912 bits per heavy atom. The van der Waals surface area contributed by atoms with Crippen LogP contribution in [0.15, 0.2) is 0 Å². The van der Waals surface area contributed by atoms with Crippen molar-refractivity contribution in [1.29, 1.82) is 5.26 Å². The second-order valence-corrected chi connectivity index (χ2v) is 29.0. The van der Waals surface area contributed by atoms with Gasteiger partial charge >= 0.3 is 7.12 Å². The second-order valence-electron chi connectivity index (χ2n) is 16.8. The van der Waals surface area contributed by atoms with E-state index in [-0.39, 0.29) is 36.0 Å². The maximum atomic E-state index is 9.70. The van der Waals surface area contributed by atoms with Gasteiger partial charge in [0.2, 0.25) is 0 Å². The molecule has 0 aliphatic carbocycles. The third-order valence-electron chi connectivity index (χ3n) is 7.80. The summed E-state index contributed by atoms with van der Waals surface area (Å²) in [5.41, 5.74) is 0. The quantitative estimate of drug-likeness (QED) is 0.334. The van der Waals surface area contributed by atoms with Crippen LogP contribution in [0.3, 0.4) is 0 Å². The van der Waals surface area contributed by atoms with Crippen molar-refractivity contribution in [2.24, 2.45) is 0 Å². The van der Waals surface area contributed by atoms with E-state index < -0.39 is 23.8 Å². The number of nitriles is 1. The van der Waals surface area contributed by atoms with E-state index in [1.807, 2.05) is 0 Å². The van der Waals surface area contributed by atoms with E-state index in [0.717, 1.165) is 0 Å². The molecule has 0 rings (SSSR count). The van der Waals surface area contributed by atoms with Gasteiger partial charge in [0, 0.05) is 12.2 Å². The number of hydrogen-bond donors (Lipinski definition) is 0. The van der Waals surface area contributed by atoms with E-state index in [0.29, 0.717) is 6.42 Å². The smallest absolute Gasteiger partial charge is 0.439 e. The van der Waals surface area contributed by atoms with Crippen LogP contribution in [0, 0.1) is 11.3 Å². The van der Waals surface area contributed by atoms with E-state index in [4.69, 9.17) is 8.69 Å². The fourth-order valence-corrected chi connectivity index (χ4v) is 25.6. The monoisotopic (exact) mass is 509 g/mol. The predicted molar refractivity (Wildman–Crippen MR) is 157 cm³/mol. The molecular formula is C28H60BNO2Si2. The molecule has 34 heavy (non-hydrogen) atoms. The van der Waals surface area contributed by atoms with Crippen LogP contribution >= 0.6 is 0 Å². The highest BCUT2D eigenvalue weighted by molar-refractivity contribution is 6.90. The first kappa shape index (κ1) is 33.9. The first-order valence-corrected chi connectivity index (χ1v) is 17.1. The van der Waals surface area contributed by atoms with Crippen LogP contribution < -0.4 is 0 Å². The molecule has 3 nitrogen and oxygen atoms in total. The molecule has 0 heterocycles. The lowest BCUT2D eigenvalue weighted by atomic mass is 9.72. The fourth-order valence-electron chi connectivity index (χ4n) is 8.66. The predicted octanol–water partition coefficient (Wildman–Crippen LogP) is 10.5. The number of nitrogens with zero attached hydrogens (tertiary/aromatic N) is 1. The standard InChI is InChI=1S/C28H60BNO2Si2/c1-22(20-21-30)29(31-33(23(2,3)4,24(5,6)7)25(8,9)10)32-34(26(11,12)13,27(14,15)16)28(17,18)19/h22H,20H2,1-19H3. The first-order valence-electron chi connectivity index (χ1n) is 13.3. The van der Waals surface area contributed by atoms with Crippen LogP contribution in [0.5, 0.6) is 0 Å². The van der Waals surface area contributed by atoms with Crippen molar-refractivity contribution in [2.75, 3.05) is 0 Å². The van der Waals surface area contributed by atoms with Gasteiger partial charge in [0.15, 0.2) is 16.6 Å². The molecule has 0 saturated heterocycles. The van der Waals surface area contributed by atoms with Gasteiger partial charge in [-0.15, -0.1) is 0 Å². The zero-order chi connectivity index (χ0) is 28.0. The third kappa shape index (κ3) is 6.06. The Bertz CT molecular complexity index is 593. The minimum atomic E-state index is -2.54. The molecule has 0 aromatic carbocycles. The Morgan fingerprint density at radius 1 is 0.559 bits per heavy atom. The lowest BCUT2D eigenvalue weighted by molar-refractivity contribution is 0.286. The Labute approximate surface area is 217 Å². The molecule has 0 aliphatic heterocycles. The minimum Gasteiger partial charge on any atom is -0.452 e. The molecule has 0 aromatic heterocycles. The summed E-state index contributed by atoms with van der Waals surface area (Å²) in [6.07, 6.45) is 0.427. The highest BCUT2D eigenvalue weighted by atomic mass is 28.4. The summed E-state index contributed by atoms with van der Waals surface area (Å²) in [4.78, 5) is 0. The van der Waals surface area contributed by atoms with Crippen molar-refractivity contribution in [1.82, 2.24) is 0 Å². The van der Waals surface area contributed by atoms with E-state index in [1.54, 1.807) is 0 Å². The summed E-state index contributed by atoms with van der Waals surface area (Å²) in [7, 11) is -5.50. The zero-order valence-electron chi connectivity index (χ0n) is 26.6. The molecule has 6 heteroatoms. The van der Waals surface area contributed by atoms with Crippen LogP contribution in [-0.4, -0.2) is 23.8 Å². The normalized spacial score (nSPS) is 16.3. The van der Waals surface area contributed by atoms with Crippen molar-refractivity contribution in [3.05, 3.63) is 0 Å². The van der Waals surface area contributed by atoms with E-state index in [1.165, 1.54) is 0 Å². The molecule has 0 fully saturated rings. The Morgan fingerprint density at radius 2 is 0.765 bits per heavy atom. The minimum absolute atomic E-state index is 0.0113. The molecule has 0 N–H and O–H groups in total. The lowest BCUT2D eigenvalue weighted by Crippen LogP contribution is -2.68. The zero-order valence-corrected chi connectivity index (χ0v) is 28.6. The van der Waals surface area contributed by atoms with Crippen LogP contribution in [-0.2, 0) is 8.69 Å². The molecule has 200 valence electrons. The summed E-state index contributed by atoms with van der Waals surface area (Å²) >= 11 is 0. The Kier molecular flexibility index (Phi) is 9.96. The number of rotatable bonds is 6. The van der Waals surface area contributed by atoms with Gasteiger partial charge < -0.3 is 8.69 Å². The van der Waals surface area contributed by atoms with Crippen LogP contribution in [0.1, 0.15) is 138 Å². The van der Waals surface area contributed by atoms with Crippen molar-refractivity contribution in [2.45, 2.75) is 174 Å². The van der Waals surface area contributed by atoms with Crippen LogP contribution in [0.2, 0.25) is 36.0 Å². The first-order chi connectivity index (χ1) is 14.5. The molecular weight excluding hydrogens is 449 g/mol. The van der Waals surface area contributed by atoms with Gasteiger partial charge in [0.25, 0.3) is 0 Å². The van der Waals surface area contributed by atoms with Gasteiger partial charge in [-0.2, -0.15) is 5.26 Å². The average Bonchev–Trinajstić information content (AvgIpc) is 2.47. The topological polar surface area (TPSA) is 42.2 Å². The largest absolute Gasteiger partial charge is 0.452 e. The molecule has 0 bridgehead atoms. The molecule has 0 saturated carbocycles. The summed E-state index contributed by atoms with van der Waals surface area (Å²) in [5, 5.41) is 9.58. The van der Waals surface area contributed by atoms with Gasteiger partial charge in [0.1, 0.15) is 0 Å². The second kappa shape index (κ2) is 9.99.